The maximum Gasteiger partial charge on any atom is 0.241 e. The quantitative estimate of drug-likeness (QED) is 0.354. The first kappa shape index (κ1) is 24.7. The summed E-state index contributed by atoms with van der Waals surface area (Å²) >= 11 is 0. The van der Waals surface area contributed by atoms with Gasteiger partial charge in [-0.1, -0.05) is 12.1 Å². The van der Waals surface area contributed by atoms with E-state index in [0.29, 0.717) is 24.6 Å². The number of aromatic nitrogens is 1. The molecule has 0 amide bonds. The molecule has 36 heavy (non-hydrogen) atoms. The van der Waals surface area contributed by atoms with Gasteiger partial charge in [-0.3, -0.25) is 4.98 Å². The second-order valence-corrected chi connectivity index (χ2v) is 11.2. The Kier molecular flexibility index (Phi) is 6.98. The molecule has 8 nitrogen and oxygen atoms in total. The summed E-state index contributed by atoms with van der Waals surface area (Å²) in [6, 6.07) is 12.7. The summed E-state index contributed by atoms with van der Waals surface area (Å²) in [4.78, 5) is 6.63. The second-order valence-electron chi connectivity index (χ2n) is 9.44. The molecule has 0 spiro atoms. The first-order valence-electron chi connectivity index (χ1n) is 12.2. The maximum absolute atomic E-state index is 12.9. The van der Waals surface area contributed by atoms with Crippen LogP contribution < -0.4 is 9.46 Å². The van der Waals surface area contributed by atoms with Gasteiger partial charge >= 0.3 is 0 Å². The van der Waals surface area contributed by atoms with Crippen LogP contribution in [0.15, 0.2) is 70.4 Å². The van der Waals surface area contributed by atoms with Crippen LogP contribution in [0.4, 0.5) is 0 Å². The van der Waals surface area contributed by atoms with E-state index < -0.39 is 15.6 Å². The lowest BCUT2D eigenvalue weighted by molar-refractivity contribution is -0.0258. The molecule has 1 aliphatic rings. The Morgan fingerprint density at radius 2 is 2.00 bits per heavy atom. The number of rotatable bonds is 9. The maximum atomic E-state index is 12.9. The highest BCUT2D eigenvalue weighted by atomic mass is 32.2. The summed E-state index contributed by atoms with van der Waals surface area (Å²) in [5.74, 6) is 0.807. The summed E-state index contributed by atoms with van der Waals surface area (Å²) in [7, 11) is -2.04. The van der Waals surface area contributed by atoms with E-state index in [-0.39, 0.29) is 11.4 Å². The van der Waals surface area contributed by atoms with E-state index in [1.807, 2.05) is 30.5 Å². The molecule has 0 saturated carbocycles. The van der Waals surface area contributed by atoms with Crippen molar-refractivity contribution in [2.24, 2.45) is 0 Å². The number of ether oxygens (including phenoxy) is 1. The van der Waals surface area contributed by atoms with E-state index in [1.165, 1.54) is 0 Å². The fourth-order valence-corrected chi connectivity index (χ4v) is 6.19. The lowest BCUT2D eigenvalue weighted by Crippen LogP contribution is -2.46. The van der Waals surface area contributed by atoms with E-state index in [1.54, 1.807) is 37.7 Å². The first-order chi connectivity index (χ1) is 17.4. The number of fused-ring (bicyclic) bond motifs is 2. The summed E-state index contributed by atoms with van der Waals surface area (Å²) in [5.41, 5.74) is 1.11. The van der Waals surface area contributed by atoms with Crippen LogP contribution in [0.1, 0.15) is 24.8 Å². The fraction of sp³-hybridized carbons (Fsp3) is 0.370. The number of hydrogen-bond acceptors (Lipinski definition) is 7. The number of hydrogen-bond donors (Lipinski definition) is 2. The van der Waals surface area contributed by atoms with Gasteiger partial charge in [0.25, 0.3) is 0 Å². The van der Waals surface area contributed by atoms with Gasteiger partial charge in [0.05, 0.1) is 23.9 Å². The average molecular weight is 510 g/mol. The summed E-state index contributed by atoms with van der Waals surface area (Å²) in [6.07, 6.45) is 7.48. The minimum atomic E-state index is -3.70. The van der Waals surface area contributed by atoms with Crippen molar-refractivity contribution in [1.29, 1.82) is 0 Å². The van der Waals surface area contributed by atoms with E-state index >= 15 is 0 Å². The Bertz CT molecular complexity index is 1450. The van der Waals surface area contributed by atoms with Crippen LogP contribution in [0.5, 0.6) is 5.75 Å². The first-order valence-corrected chi connectivity index (χ1v) is 13.7. The molecule has 1 fully saturated rings. The molecule has 1 aliphatic heterocycles. The Labute approximate surface area is 210 Å². The standard InChI is InChI=1S/C27H31N3O5S/c1-34-22-5-6-25-24(17-22)21(19-35-25)8-14-30-15-10-27(31,11-16-30)9-13-29-36(32,33)26-4-2-3-20-18-28-12-7-23(20)26/h2-7,12,17-19,29,31H,8-11,13-16H2,1H3. The Morgan fingerprint density at radius 1 is 1.17 bits per heavy atom. The highest BCUT2D eigenvalue weighted by Crippen LogP contribution is 2.29. The minimum Gasteiger partial charge on any atom is -0.497 e. The van der Waals surface area contributed by atoms with Crippen molar-refractivity contribution in [3.63, 3.8) is 0 Å². The van der Waals surface area contributed by atoms with Crippen LogP contribution >= 0.6 is 0 Å². The largest absolute Gasteiger partial charge is 0.497 e. The van der Waals surface area contributed by atoms with Crippen molar-refractivity contribution in [3.05, 3.63) is 66.7 Å². The van der Waals surface area contributed by atoms with Gasteiger partial charge in [-0.05, 0) is 61.6 Å². The second kappa shape index (κ2) is 10.2. The summed E-state index contributed by atoms with van der Waals surface area (Å²) in [6.45, 7) is 2.57. The van der Waals surface area contributed by atoms with Crippen molar-refractivity contribution in [1.82, 2.24) is 14.6 Å². The number of furan rings is 1. The number of aliphatic hydroxyl groups is 1. The van der Waals surface area contributed by atoms with Crippen molar-refractivity contribution in [2.45, 2.75) is 36.2 Å². The highest BCUT2D eigenvalue weighted by Gasteiger charge is 2.32. The molecule has 2 N–H and O–H groups in total. The number of methoxy groups -OCH3 is 1. The zero-order valence-corrected chi connectivity index (χ0v) is 21.1. The van der Waals surface area contributed by atoms with Crippen molar-refractivity contribution >= 4 is 31.8 Å². The SMILES string of the molecule is COc1ccc2occ(CCN3CCC(O)(CCNS(=O)(=O)c4cccc5cnccc45)CC3)c2c1. The third-order valence-electron chi connectivity index (χ3n) is 7.16. The molecule has 5 rings (SSSR count). The predicted molar refractivity (Wildman–Crippen MR) is 139 cm³/mol. The van der Waals surface area contributed by atoms with E-state index in [4.69, 9.17) is 9.15 Å². The Morgan fingerprint density at radius 3 is 2.81 bits per heavy atom. The smallest absolute Gasteiger partial charge is 0.241 e. The third kappa shape index (κ3) is 5.24. The molecular formula is C27H31N3O5S. The Hall–Kier alpha value is -2.98. The van der Waals surface area contributed by atoms with Crippen LogP contribution in [0.2, 0.25) is 0 Å². The van der Waals surface area contributed by atoms with Crippen molar-refractivity contribution in [3.8, 4) is 5.75 Å². The molecule has 9 heteroatoms. The molecular weight excluding hydrogens is 478 g/mol. The van der Waals surface area contributed by atoms with Crippen LogP contribution in [-0.4, -0.2) is 62.3 Å². The van der Waals surface area contributed by atoms with Gasteiger partial charge in [0.2, 0.25) is 10.0 Å². The normalized spacial score (nSPS) is 16.5. The van der Waals surface area contributed by atoms with Crippen LogP contribution in [-0.2, 0) is 16.4 Å². The number of pyridine rings is 1. The van der Waals surface area contributed by atoms with E-state index in [9.17, 15) is 13.5 Å². The van der Waals surface area contributed by atoms with E-state index in [2.05, 4.69) is 14.6 Å². The van der Waals surface area contributed by atoms with Crippen molar-refractivity contribution in [2.75, 3.05) is 33.3 Å². The summed E-state index contributed by atoms with van der Waals surface area (Å²) < 4.78 is 39.6. The number of benzene rings is 2. The molecule has 0 aliphatic carbocycles. The third-order valence-corrected chi connectivity index (χ3v) is 8.68. The molecule has 2 aromatic carbocycles. The molecule has 3 heterocycles. The van der Waals surface area contributed by atoms with Crippen LogP contribution in [0.25, 0.3) is 21.7 Å². The topological polar surface area (TPSA) is 105 Å². The van der Waals surface area contributed by atoms with Crippen molar-refractivity contribution < 1.29 is 22.7 Å². The lowest BCUT2D eigenvalue weighted by Gasteiger charge is -2.38. The number of sulfonamides is 1. The average Bonchev–Trinajstić information content (AvgIpc) is 3.30. The molecule has 4 aromatic rings. The van der Waals surface area contributed by atoms with Gasteiger partial charge < -0.3 is 19.2 Å². The van der Waals surface area contributed by atoms with Gasteiger partial charge in [-0.15, -0.1) is 0 Å². The van der Waals surface area contributed by atoms with E-state index in [0.717, 1.165) is 53.7 Å². The number of nitrogens with one attached hydrogen (secondary N) is 1. The fourth-order valence-electron chi connectivity index (χ4n) is 4.93. The predicted octanol–water partition coefficient (Wildman–Crippen LogP) is 3.73. The minimum absolute atomic E-state index is 0.184. The number of likely N-dealkylation sites (tertiary alicyclic amines) is 1. The zero-order chi connectivity index (χ0) is 25.2. The number of piperidine rings is 1. The summed E-state index contributed by atoms with van der Waals surface area (Å²) in [5, 5.41) is 13.6. The Balaban J connectivity index is 1.13. The molecule has 0 bridgehead atoms. The molecule has 190 valence electrons. The van der Waals surface area contributed by atoms with Gasteiger partial charge in [0.15, 0.2) is 0 Å². The molecule has 2 aromatic heterocycles. The number of nitrogens with zero attached hydrogens (tertiary/aromatic N) is 2. The zero-order valence-electron chi connectivity index (χ0n) is 20.3. The molecule has 0 atom stereocenters. The van der Waals surface area contributed by atoms with Gasteiger partial charge in [0.1, 0.15) is 11.3 Å². The lowest BCUT2D eigenvalue weighted by atomic mass is 9.88. The van der Waals surface area contributed by atoms with Crippen LogP contribution in [0, 0.1) is 0 Å². The molecule has 0 radical (unpaired) electrons. The molecule has 0 unspecified atom stereocenters. The van der Waals surface area contributed by atoms with Gasteiger partial charge in [-0.2, -0.15) is 0 Å². The van der Waals surface area contributed by atoms with Crippen LogP contribution in [0.3, 0.4) is 0 Å². The highest BCUT2D eigenvalue weighted by molar-refractivity contribution is 7.89. The molecule has 1 saturated heterocycles. The monoisotopic (exact) mass is 509 g/mol. The van der Waals surface area contributed by atoms with Gasteiger partial charge in [-0.25, -0.2) is 13.1 Å². The van der Waals surface area contributed by atoms with Gasteiger partial charge in [0, 0.05) is 54.7 Å².